The van der Waals surface area contributed by atoms with Gasteiger partial charge in [0.05, 0.1) is 0 Å². The fourth-order valence-corrected chi connectivity index (χ4v) is 4.66. The van der Waals surface area contributed by atoms with Crippen molar-refractivity contribution in [2.75, 3.05) is 26.2 Å². The predicted molar refractivity (Wildman–Crippen MR) is 107 cm³/mol. The number of piperidine rings is 2. The van der Waals surface area contributed by atoms with Crippen molar-refractivity contribution < 1.29 is 9.59 Å². The Labute approximate surface area is 166 Å². The minimum atomic E-state index is 0.0249. The van der Waals surface area contributed by atoms with Crippen LogP contribution in [0.4, 0.5) is 0 Å². The topological polar surface area (TPSA) is 58.4 Å². The lowest BCUT2D eigenvalue weighted by molar-refractivity contribution is -0.138. The first kappa shape index (κ1) is 18.7. The molecule has 0 aliphatic carbocycles. The molecule has 6 heteroatoms. The van der Waals surface area contributed by atoms with Crippen LogP contribution in [0.3, 0.4) is 0 Å². The molecule has 2 aliphatic heterocycles. The summed E-state index contributed by atoms with van der Waals surface area (Å²) in [5.74, 6) is 0.330. The normalized spacial score (nSPS) is 22.7. The largest absolute Gasteiger partial charge is 0.347 e. The summed E-state index contributed by atoms with van der Waals surface area (Å²) in [6, 6.07) is 9.69. The average molecular weight is 380 g/mol. The molecule has 2 fully saturated rings. The van der Waals surface area contributed by atoms with Gasteiger partial charge in [-0.15, -0.1) is 0 Å². The number of amides is 2. The van der Waals surface area contributed by atoms with Gasteiger partial charge in [-0.3, -0.25) is 14.6 Å². The standard InChI is InChI=1S/C22H28N4O2/c1-24-13-4-7-19(24)21(28)26-14-5-10-22(17-26)11-8-20(27)25(16-22)15-9-18-6-2-3-12-23-18/h2-4,6-7,12-13H,5,8-11,14-17H2,1H3. The molecular weight excluding hydrogens is 352 g/mol. The number of rotatable bonds is 4. The van der Waals surface area contributed by atoms with Gasteiger partial charge in [0.2, 0.25) is 5.91 Å². The summed E-state index contributed by atoms with van der Waals surface area (Å²) >= 11 is 0. The number of likely N-dealkylation sites (tertiary alicyclic amines) is 2. The maximum Gasteiger partial charge on any atom is 0.270 e. The molecular formula is C22H28N4O2. The minimum Gasteiger partial charge on any atom is -0.347 e. The monoisotopic (exact) mass is 380 g/mol. The number of pyridine rings is 1. The molecule has 2 aromatic rings. The number of hydrogen-bond donors (Lipinski definition) is 0. The zero-order valence-corrected chi connectivity index (χ0v) is 16.5. The second-order valence-corrected chi connectivity index (χ2v) is 8.22. The van der Waals surface area contributed by atoms with Crippen molar-refractivity contribution in [1.29, 1.82) is 0 Å². The van der Waals surface area contributed by atoms with Crippen LogP contribution in [0.25, 0.3) is 0 Å². The van der Waals surface area contributed by atoms with Crippen LogP contribution < -0.4 is 0 Å². The Morgan fingerprint density at radius 3 is 2.82 bits per heavy atom. The van der Waals surface area contributed by atoms with Gasteiger partial charge < -0.3 is 14.4 Å². The van der Waals surface area contributed by atoms with Crippen molar-refractivity contribution in [2.24, 2.45) is 12.5 Å². The molecule has 0 bridgehead atoms. The van der Waals surface area contributed by atoms with Crippen molar-refractivity contribution in [1.82, 2.24) is 19.4 Å². The van der Waals surface area contributed by atoms with E-state index in [4.69, 9.17) is 0 Å². The van der Waals surface area contributed by atoms with Gasteiger partial charge in [0.25, 0.3) is 5.91 Å². The predicted octanol–water partition coefficient (Wildman–Crippen LogP) is 2.51. The number of aromatic nitrogens is 2. The summed E-state index contributed by atoms with van der Waals surface area (Å²) in [6.07, 6.45) is 8.01. The fraction of sp³-hybridized carbons (Fsp3) is 0.500. The van der Waals surface area contributed by atoms with E-state index in [1.807, 2.05) is 57.9 Å². The molecule has 28 heavy (non-hydrogen) atoms. The summed E-state index contributed by atoms with van der Waals surface area (Å²) in [6.45, 7) is 2.98. The highest BCUT2D eigenvalue weighted by Crippen LogP contribution is 2.39. The molecule has 1 unspecified atom stereocenters. The van der Waals surface area contributed by atoms with Gasteiger partial charge in [0.1, 0.15) is 5.69 Å². The van der Waals surface area contributed by atoms with Crippen molar-refractivity contribution in [3.63, 3.8) is 0 Å². The van der Waals surface area contributed by atoms with E-state index < -0.39 is 0 Å². The molecule has 0 aromatic carbocycles. The van der Waals surface area contributed by atoms with Crippen LogP contribution in [0.15, 0.2) is 42.7 Å². The van der Waals surface area contributed by atoms with Crippen LogP contribution in [0.2, 0.25) is 0 Å². The molecule has 2 amide bonds. The Hall–Kier alpha value is -2.63. The van der Waals surface area contributed by atoms with Gasteiger partial charge in [-0.25, -0.2) is 0 Å². The maximum absolute atomic E-state index is 13.0. The molecule has 1 spiro atoms. The number of hydrogen-bond acceptors (Lipinski definition) is 3. The summed E-state index contributed by atoms with van der Waals surface area (Å²) in [7, 11) is 1.91. The first-order valence-corrected chi connectivity index (χ1v) is 10.1. The van der Waals surface area contributed by atoms with E-state index in [1.165, 1.54) is 0 Å². The first-order chi connectivity index (χ1) is 13.6. The van der Waals surface area contributed by atoms with Crippen molar-refractivity contribution in [2.45, 2.75) is 32.1 Å². The van der Waals surface area contributed by atoms with Gasteiger partial charge in [0, 0.05) is 69.6 Å². The van der Waals surface area contributed by atoms with Gasteiger partial charge in [-0.2, -0.15) is 0 Å². The number of carbonyl (C=O) groups is 2. The first-order valence-electron chi connectivity index (χ1n) is 10.1. The van der Waals surface area contributed by atoms with Crippen LogP contribution in [0.1, 0.15) is 41.9 Å². The molecule has 2 aliphatic rings. The lowest BCUT2D eigenvalue weighted by atomic mass is 9.73. The zero-order chi connectivity index (χ0) is 19.6. The van der Waals surface area contributed by atoms with E-state index in [0.29, 0.717) is 13.0 Å². The van der Waals surface area contributed by atoms with Gasteiger partial charge in [0.15, 0.2) is 0 Å². The second kappa shape index (κ2) is 7.78. The zero-order valence-electron chi connectivity index (χ0n) is 16.5. The summed E-state index contributed by atoms with van der Waals surface area (Å²) in [5.41, 5.74) is 1.77. The quantitative estimate of drug-likeness (QED) is 0.819. The molecule has 1 atom stereocenters. The fourth-order valence-electron chi connectivity index (χ4n) is 4.66. The lowest BCUT2D eigenvalue weighted by Gasteiger charge is -2.48. The smallest absolute Gasteiger partial charge is 0.270 e. The van der Waals surface area contributed by atoms with Crippen molar-refractivity contribution in [3.05, 3.63) is 54.1 Å². The van der Waals surface area contributed by atoms with Crippen LogP contribution >= 0.6 is 0 Å². The van der Waals surface area contributed by atoms with E-state index in [9.17, 15) is 9.59 Å². The Bertz CT molecular complexity index is 847. The summed E-state index contributed by atoms with van der Waals surface area (Å²) in [5, 5.41) is 0. The number of carbonyl (C=O) groups excluding carboxylic acids is 2. The number of nitrogens with zero attached hydrogens (tertiary/aromatic N) is 4. The SMILES string of the molecule is Cn1cccc1C(=O)N1CCCC2(CCC(=O)N(CCc3ccccn3)C2)C1. The molecule has 6 nitrogen and oxygen atoms in total. The van der Waals surface area contributed by atoms with E-state index in [0.717, 1.165) is 56.7 Å². The molecule has 2 saturated heterocycles. The van der Waals surface area contributed by atoms with E-state index in [2.05, 4.69) is 4.98 Å². The van der Waals surface area contributed by atoms with Crippen LogP contribution in [0.5, 0.6) is 0 Å². The van der Waals surface area contributed by atoms with Crippen LogP contribution in [-0.4, -0.2) is 57.3 Å². The average Bonchev–Trinajstić information content (AvgIpc) is 3.15. The van der Waals surface area contributed by atoms with E-state index in [1.54, 1.807) is 6.20 Å². The third kappa shape index (κ3) is 3.81. The molecule has 4 rings (SSSR count). The molecule has 0 saturated carbocycles. The Balaban J connectivity index is 1.43. The highest BCUT2D eigenvalue weighted by atomic mass is 16.2. The minimum absolute atomic E-state index is 0.0249. The number of aryl methyl sites for hydroxylation is 1. The second-order valence-electron chi connectivity index (χ2n) is 8.22. The van der Waals surface area contributed by atoms with Crippen LogP contribution in [-0.2, 0) is 18.3 Å². The molecule has 148 valence electrons. The molecule has 0 N–H and O–H groups in total. The van der Waals surface area contributed by atoms with Gasteiger partial charge in [-0.1, -0.05) is 6.07 Å². The summed E-state index contributed by atoms with van der Waals surface area (Å²) < 4.78 is 1.88. The molecule has 4 heterocycles. The van der Waals surface area contributed by atoms with Crippen molar-refractivity contribution >= 4 is 11.8 Å². The Kier molecular flexibility index (Phi) is 5.20. The lowest BCUT2D eigenvalue weighted by Crippen LogP contribution is -2.55. The van der Waals surface area contributed by atoms with E-state index >= 15 is 0 Å². The third-order valence-corrected chi connectivity index (χ3v) is 6.22. The highest BCUT2D eigenvalue weighted by molar-refractivity contribution is 5.92. The Morgan fingerprint density at radius 2 is 2.07 bits per heavy atom. The van der Waals surface area contributed by atoms with Gasteiger partial charge >= 0.3 is 0 Å². The van der Waals surface area contributed by atoms with Crippen LogP contribution in [0, 0.1) is 5.41 Å². The summed E-state index contributed by atoms with van der Waals surface area (Å²) in [4.78, 5) is 33.8. The highest BCUT2D eigenvalue weighted by Gasteiger charge is 2.42. The van der Waals surface area contributed by atoms with E-state index in [-0.39, 0.29) is 17.2 Å². The molecule has 0 radical (unpaired) electrons. The molecule has 2 aromatic heterocycles. The third-order valence-electron chi connectivity index (χ3n) is 6.22. The Morgan fingerprint density at radius 1 is 1.18 bits per heavy atom. The maximum atomic E-state index is 13.0. The van der Waals surface area contributed by atoms with Gasteiger partial charge in [-0.05, 0) is 43.5 Å². The van der Waals surface area contributed by atoms with Crippen molar-refractivity contribution in [3.8, 4) is 0 Å².